The lowest BCUT2D eigenvalue weighted by atomic mass is 10.0. The highest BCUT2D eigenvalue weighted by molar-refractivity contribution is 8.00. The molecule has 0 heterocycles. The van der Waals surface area contributed by atoms with Crippen LogP contribution in [0.15, 0.2) is 17.0 Å². The van der Waals surface area contributed by atoms with Gasteiger partial charge < -0.3 is 4.74 Å². The van der Waals surface area contributed by atoms with E-state index in [-0.39, 0.29) is 34.2 Å². The summed E-state index contributed by atoms with van der Waals surface area (Å²) in [6.45, 7) is 1.65. The number of aryl methyl sites for hydroxylation is 1. The minimum atomic E-state index is -4.51. The molecule has 102 valence electrons. The molecule has 0 aliphatic carbocycles. The van der Waals surface area contributed by atoms with Gasteiger partial charge in [0.1, 0.15) is 0 Å². The van der Waals surface area contributed by atoms with E-state index < -0.39 is 11.5 Å². The van der Waals surface area contributed by atoms with Gasteiger partial charge in [-0.15, -0.1) is 0 Å². The van der Waals surface area contributed by atoms with Crippen LogP contribution in [0.5, 0.6) is 0 Å². The van der Waals surface area contributed by atoms with Gasteiger partial charge in [0.15, 0.2) is 0 Å². The van der Waals surface area contributed by atoms with Gasteiger partial charge in [-0.3, -0.25) is 0 Å². The van der Waals surface area contributed by atoms with E-state index in [1.165, 1.54) is 6.07 Å². The Balaban J connectivity index is 3.47. The van der Waals surface area contributed by atoms with Crippen molar-refractivity contribution in [2.75, 3.05) is 7.11 Å². The van der Waals surface area contributed by atoms with Crippen LogP contribution in [0, 0.1) is 11.3 Å². The number of hydrogen-bond acceptors (Lipinski definition) is 4. The smallest absolute Gasteiger partial charge is 0.446 e. The summed E-state index contributed by atoms with van der Waals surface area (Å²) in [5.41, 5.74) is -4.33. The Kier molecular flexibility index (Phi) is 4.84. The van der Waals surface area contributed by atoms with Crippen molar-refractivity contribution in [2.45, 2.75) is 23.7 Å². The first-order valence-electron chi connectivity index (χ1n) is 5.23. The molecule has 0 unspecified atom stereocenters. The number of rotatable bonds is 3. The van der Waals surface area contributed by atoms with Gasteiger partial charge in [-0.25, -0.2) is 4.79 Å². The zero-order valence-corrected chi connectivity index (χ0v) is 11.0. The molecule has 0 saturated heterocycles. The molecular weight excluding hydrogens is 279 g/mol. The molecule has 0 saturated carbocycles. The standard InChI is InChI=1S/C12H10F3NO2S/c1-3-8-4-7(6-16)5-9(11(17)18-2)10(8)19-12(13,14)15/h4-5H,3H2,1-2H3. The van der Waals surface area contributed by atoms with Gasteiger partial charge in [-0.2, -0.15) is 18.4 Å². The lowest BCUT2D eigenvalue weighted by molar-refractivity contribution is -0.0328. The molecular formula is C12H10F3NO2S. The van der Waals surface area contributed by atoms with E-state index in [1.807, 2.05) is 6.07 Å². The first kappa shape index (κ1) is 15.4. The van der Waals surface area contributed by atoms with E-state index in [2.05, 4.69) is 4.74 Å². The Morgan fingerprint density at radius 1 is 1.47 bits per heavy atom. The highest BCUT2D eigenvalue weighted by atomic mass is 32.2. The van der Waals surface area contributed by atoms with Crippen LogP contribution in [0.2, 0.25) is 0 Å². The predicted octanol–water partition coefficient (Wildman–Crippen LogP) is 3.52. The molecule has 0 radical (unpaired) electrons. The molecule has 0 spiro atoms. The van der Waals surface area contributed by atoms with E-state index in [1.54, 1.807) is 6.92 Å². The van der Waals surface area contributed by atoms with Gasteiger partial charge in [0.05, 0.1) is 24.3 Å². The largest absolute Gasteiger partial charge is 0.465 e. The van der Waals surface area contributed by atoms with Crippen LogP contribution in [0.1, 0.15) is 28.4 Å². The number of nitriles is 1. The zero-order chi connectivity index (χ0) is 14.6. The van der Waals surface area contributed by atoms with E-state index in [0.29, 0.717) is 5.56 Å². The number of carbonyl (C=O) groups is 1. The van der Waals surface area contributed by atoms with Crippen molar-refractivity contribution >= 4 is 17.7 Å². The topological polar surface area (TPSA) is 50.1 Å². The molecule has 0 aliphatic heterocycles. The molecule has 0 aliphatic rings. The van der Waals surface area contributed by atoms with Gasteiger partial charge in [0.2, 0.25) is 0 Å². The first-order valence-corrected chi connectivity index (χ1v) is 6.05. The molecule has 0 fully saturated rings. The fraction of sp³-hybridized carbons (Fsp3) is 0.333. The van der Waals surface area contributed by atoms with E-state index >= 15 is 0 Å². The molecule has 19 heavy (non-hydrogen) atoms. The highest BCUT2D eigenvalue weighted by Gasteiger charge is 2.33. The summed E-state index contributed by atoms with van der Waals surface area (Å²) in [5.74, 6) is -0.890. The number of ether oxygens (including phenoxy) is 1. The van der Waals surface area contributed by atoms with Crippen LogP contribution >= 0.6 is 11.8 Å². The Morgan fingerprint density at radius 3 is 2.53 bits per heavy atom. The minimum Gasteiger partial charge on any atom is -0.465 e. The second kappa shape index (κ2) is 5.97. The number of methoxy groups -OCH3 is 1. The maximum atomic E-state index is 12.5. The first-order chi connectivity index (χ1) is 8.82. The van der Waals surface area contributed by atoms with Crippen LogP contribution in [0.4, 0.5) is 13.2 Å². The zero-order valence-electron chi connectivity index (χ0n) is 10.2. The summed E-state index contributed by atoms with van der Waals surface area (Å²) in [6.07, 6.45) is 0.276. The monoisotopic (exact) mass is 289 g/mol. The summed E-state index contributed by atoms with van der Waals surface area (Å²) in [6, 6.07) is 4.27. The van der Waals surface area contributed by atoms with Gasteiger partial charge in [0.25, 0.3) is 0 Å². The Labute approximate surface area is 112 Å². The maximum absolute atomic E-state index is 12.5. The summed E-state index contributed by atoms with van der Waals surface area (Å²) in [4.78, 5) is 11.3. The molecule has 0 amide bonds. The van der Waals surface area contributed by atoms with Crippen LogP contribution in [0.3, 0.4) is 0 Å². The van der Waals surface area contributed by atoms with E-state index in [4.69, 9.17) is 5.26 Å². The number of halogens is 3. The fourth-order valence-electron chi connectivity index (χ4n) is 1.51. The molecule has 0 N–H and O–H groups in total. The Bertz CT molecular complexity index is 535. The van der Waals surface area contributed by atoms with Gasteiger partial charge in [-0.1, -0.05) is 6.92 Å². The van der Waals surface area contributed by atoms with Crippen molar-refractivity contribution in [3.63, 3.8) is 0 Å². The van der Waals surface area contributed by atoms with Gasteiger partial charge >= 0.3 is 11.5 Å². The number of esters is 1. The average molecular weight is 289 g/mol. The van der Waals surface area contributed by atoms with Crippen molar-refractivity contribution in [1.29, 1.82) is 5.26 Å². The van der Waals surface area contributed by atoms with Crippen molar-refractivity contribution in [3.8, 4) is 6.07 Å². The molecule has 0 aromatic heterocycles. The molecule has 1 aromatic carbocycles. The second-order valence-corrected chi connectivity index (χ2v) is 4.59. The summed E-state index contributed by atoms with van der Waals surface area (Å²) in [7, 11) is 1.08. The van der Waals surface area contributed by atoms with Crippen LogP contribution in [0.25, 0.3) is 0 Å². The number of carbonyl (C=O) groups excluding carboxylic acids is 1. The second-order valence-electron chi connectivity index (χ2n) is 3.52. The number of hydrogen-bond donors (Lipinski definition) is 0. The maximum Gasteiger partial charge on any atom is 0.446 e. The average Bonchev–Trinajstić information content (AvgIpc) is 2.36. The molecule has 1 aromatic rings. The number of nitrogens with zero attached hydrogens (tertiary/aromatic N) is 1. The van der Waals surface area contributed by atoms with E-state index in [9.17, 15) is 18.0 Å². The Hall–Kier alpha value is -1.68. The van der Waals surface area contributed by atoms with Gasteiger partial charge in [-0.05, 0) is 35.9 Å². The third-order valence-electron chi connectivity index (χ3n) is 2.30. The SMILES string of the molecule is CCc1cc(C#N)cc(C(=O)OC)c1SC(F)(F)F. The lowest BCUT2D eigenvalue weighted by Gasteiger charge is -2.14. The lowest BCUT2D eigenvalue weighted by Crippen LogP contribution is -2.09. The minimum absolute atomic E-state index is 0.128. The van der Waals surface area contributed by atoms with Crippen molar-refractivity contribution in [3.05, 3.63) is 28.8 Å². The summed E-state index contributed by atoms with van der Waals surface area (Å²) >= 11 is -0.369. The van der Waals surface area contributed by atoms with Crippen molar-refractivity contribution in [2.24, 2.45) is 0 Å². The molecule has 7 heteroatoms. The normalized spacial score (nSPS) is 10.9. The predicted molar refractivity (Wildman–Crippen MR) is 63.8 cm³/mol. The third-order valence-corrected chi connectivity index (χ3v) is 3.22. The Morgan fingerprint density at radius 2 is 2.11 bits per heavy atom. The molecule has 1 rings (SSSR count). The number of thioether (sulfide) groups is 1. The van der Waals surface area contributed by atoms with Crippen LogP contribution in [-0.2, 0) is 11.2 Å². The summed E-state index contributed by atoms with van der Waals surface area (Å²) in [5, 5.41) is 8.83. The van der Waals surface area contributed by atoms with E-state index in [0.717, 1.165) is 13.2 Å². The van der Waals surface area contributed by atoms with Crippen molar-refractivity contribution in [1.82, 2.24) is 0 Å². The molecule has 0 atom stereocenters. The number of benzene rings is 1. The van der Waals surface area contributed by atoms with Crippen molar-refractivity contribution < 1.29 is 22.7 Å². The van der Waals surface area contributed by atoms with Gasteiger partial charge in [0, 0.05) is 4.90 Å². The fourth-order valence-corrected chi connectivity index (χ4v) is 2.33. The number of alkyl halides is 3. The van der Waals surface area contributed by atoms with Crippen LogP contribution in [-0.4, -0.2) is 18.6 Å². The van der Waals surface area contributed by atoms with Crippen LogP contribution < -0.4 is 0 Å². The third kappa shape index (κ3) is 3.89. The quantitative estimate of drug-likeness (QED) is 0.631. The molecule has 0 bridgehead atoms. The molecule has 3 nitrogen and oxygen atoms in total. The highest BCUT2D eigenvalue weighted by Crippen LogP contribution is 2.41. The summed E-state index contributed by atoms with van der Waals surface area (Å²) < 4.78 is 42.1.